The van der Waals surface area contributed by atoms with Crippen molar-refractivity contribution in [3.05, 3.63) is 28.8 Å². The second-order valence-corrected chi connectivity index (χ2v) is 4.83. The fourth-order valence-corrected chi connectivity index (χ4v) is 2.85. The molecule has 1 aliphatic carbocycles. The van der Waals surface area contributed by atoms with Crippen LogP contribution in [0, 0.1) is 19.3 Å². The molecule has 0 spiro atoms. The summed E-state index contributed by atoms with van der Waals surface area (Å²) in [7, 11) is 0. The molecule has 0 bridgehead atoms. The molecule has 90 valence electrons. The fourth-order valence-electron chi connectivity index (χ4n) is 2.85. The maximum atomic E-state index is 10.0. The molecule has 0 radical (unpaired) electrons. The fraction of sp³-hybridized carbons (Fsp3) is 0.467. The highest BCUT2D eigenvalue weighted by atomic mass is 16.3. The van der Waals surface area contributed by atoms with Gasteiger partial charge in [-0.25, -0.2) is 0 Å². The van der Waals surface area contributed by atoms with Gasteiger partial charge in [-0.2, -0.15) is 0 Å². The molecule has 17 heavy (non-hydrogen) atoms. The minimum absolute atomic E-state index is 0.244. The van der Waals surface area contributed by atoms with Gasteiger partial charge < -0.3 is 10.4 Å². The van der Waals surface area contributed by atoms with E-state index in [0.29, 0.717) is 11.7 Å². The molecule has 2 rings (SSSR count). The molecule has 0 fully saturated rings. The van der Waals surface area contributed by atoms with Crippen molar-refractivity contribution in [3.63, 3.8) is 0 Å². The molecule has 1 aromatic rings. The van der Waals surface area contributed by atoms with Gasteiger partial charge in [-0.05, 0) is 36.5 Å². The van der Waals surface area contributed by atoms with Crippen molar-refractivity contribution >= 4 is 0 Å². The Labute approximate surface area is 103 Å². The van der Waals surface area contributed by atoms with Gasteiger partial charge in [0.1, 0.15) is 5.75 Å². The third-order valence-corrected chi connectivity index (χ3v) is 3.57. The molecule has 1 aromatic carbocycles. The van der Waals surface area contributed by atoms with Gasteiger partial charge in [0, 0.05) is 24.6 Å². The first kappa shape index (κ1) is 12.0. The zero-order valence-corrected chi connectivity index (χ0v) is 10.5. The number of aryl methyl sites for hydroxylation is 1. The normalized spacial score (nSPS) is 22.2. The minimum Gasteiger partial charge on any atom is -0.508 e. The first-order valence-electron chi connectivity index (χ1n) is 6.14. The second kappa shape index (κ2) is 4.81. The van der Waals surface area contributed by atoms with Crippen LogP contribution in [0.1, 0.15) is 48.4 Å². The highest BCUT2D eigenvalue weighted by Crippen LogP contribution is 2.45. The van der Waals surface area contributed by atoms with E-state index < -0.39 is 0 Å². The number of hydrogen-bond donors (Lipinski definition) is 2. The van der Waals surface area contributed by atoms with Crippen molar-refractivity contribution in [2.24, 2.45) is 0 Å². The summed E-state index contributed by atoms with van der Waals surface area (Å²) >= 11 is 0. The van der Waals surface area contributed by atoms with E-state index in [1.807, 2.05) is 6.07 Å². The van der Waals surface area contributed by atoms with Crippen LogP contribution in [-0.4, -0.2) is 11.7 Å². The van der Waals surface area contributed by atoms with Crippen LogP contribution in [0.15, 0.2) is 12.1 Å². The molecule has 0 saturated carbocycles. The Morgan fingerprint density at radius 1 is 1.47 bits per heavy atom. The number of nitrogens with one attached hydrogen (secondary N) is 1. The lowest BCUT2D eigenvalue weighted by molar-refractivity contribution is 0.447. The first-order chi connectivity index (χ1) is 8.15. The van der Waals surface area contributed by atoms with Crippen molar-refractivity contribution in [3.8, 4) is 18.1 Å². The summed E-state index contributed by atoms with van der Waals surface area (Å²) < 4.78 is 0. The number of terminal acetylenes is 1. The predicted molar refractivity (Wildman–Crippen MR) is 70.1 cm³/mol. The molecular weight excluding hydrogens is 210 g/mol. The number of hydrogen-bond acceptors (Lipinski definition) is 2. The van der Waals surface area contributed by atoms with E-state index in [-0.39, 0.29) is 6.04 Å². The maximum absolute atomic E-state index is 10.0. The Morgan fingerprint density at radius 2 is 2.24 bits per heavy atom. The Kier molecular flexibility index (Phi) is 3.40. The average molecular weight is 229 g/mol. The summed E-state index contributed by atoms with van der Waals surface area (Å²) in [5.74, 6) is 3.54. The molecular formula is C15H19NO. The molecule has 2 N–H and O–H groups in total. The van der Waals surface area contributed by atoms with E-state index >= 15 is 0 Å². The van der Waals surface area contributed by atoms with Crippen LogP contribution >= 0.6 is 0 Å². The second-order valence-electron chi connectivity index (χ2n) is 4.83. The van der Waals surface area contributed by atoms with Gasteiger partial charge in [0.2, 0.25) is 0 Å². The number of aromatic hydroxyl groups is 1. The van der Waals surface area contributed by atoms with Crippen LogP contribution in [0.3, 0.4) is 0 Å². The van der Waals surface area contributed by atoms with Gasteiger partial charge in [0.25, 0.3) is 0 Å². The Morgan fingerprint density at radius 3 is 2.94 bits per heavy atom. The highest BCUT2D eigenvalue weighted by Gasteiger charge is 2.31. The topological polar surface area (TPSA) is 32.3 Å². The van der Waals surface area contributed by atoms with Crippen molar-refractivity contribution < 1.29 is 5.11 Å². The smallest absolute Gasteiger partial charge is 0.120 e. The molecule has 0 aliphatic heterocycles. The predicted octanol–water partition coefficient (Wildman–Crippen LogP) is 2.86. The highest BCUT2D eigenvalue weighted by molar-refractivity contribution is 5.50. The van der Waals surface area contributed by atoms with E-state index in [4.69, 9.17) is 6.42 Å². The minimum atomic E-state index is 0.244. The SMILES string of the molecule is C#CCCNC1CC(C)c2c(C)ccc(O)c21. The molecule has 0 amide bonds. The van der Waals surface area contributed by atoms with Gasteiger partial charge in [-0.1, -0.05) is 13.0 Å². The molecule has 0 saturated heterocycles. The van der Waals surface area contributed by atoms with Crippen LogP contribution in [0.4, 0.5) is 0 Å². The number of phenols is 1. The zero-order chi connectivity index (χ0) is 12.4. The lowest BCUT2D eigenvalue weighted by atomic mass is 9.97. The third kappa shape index (κ3) is 2.16. The average Bonchev–Trinajstić information content (AvgIpc) is 2.63. The van der Waals surface area contributed by atoms with Gasteiger partial charge in [0.15, 0.2) is 0 Å². The lowest BCUT2D eigenvalue weighted by Gasteiger charge is -2.15. The van der Waals surface area contributed by atoms with Crippen LogP contribution in [0.5, 0.6) is 5.75 Å². The first-order valence-corrected chi connectivity index (χ1v) is 6.14. The number of rotatable bonds is 3. The molecule has 2 unspecified atom stereocenters. The molecule has 2 atom stereocenters. The summed E-state index contributed by atoms with van der Waals surface area (Å²) in [6.07, 6.45) is 7.02. The molecule has 2 nitrogen and oxygen atoms in total. The van der Waals surface area contributed by atoms with E-state index in [0.717, 1.165) is 24.9 Å². The van der Waals surface area contributed by atoms with Crippen LogP contribution < -0.4 is 5.32 Å². The molecule has 2 heteroatoms. The summed E-state index contributed by atoms with van der Waals surface area (Å²) in [4.78, 5) is 0. The standard InChI is InChI=1S/C15H19NO/c1-4-5-8-16-12-9-11(3)14-10(2)6-7-13(17)15(12)14/h1,6-7,11-12,16-17H,5,8-9H2,2-3H3. The lowest BCUT2D eigenvalue weighted by Crippen LogP contribution is -2.20. The Hall–Kier alpha value is -1.46. The zero-order valence-electron chi connectivity index (χ0n) is 10.5. The number of benzene rings is 1. The van der Waals surface area contributed by atoms with Gasteiger partial charge in [-0.15, -0.1) is 12.3 Å². The quantitative estimate of drug-likeness (QED) is 0.617. The summed E-state index contributed by atoms with van der Waals surface area (Å²) in [5, 5.41) is 13.5. The van der Waals surface area contributed by atoms with Crippen LogP contribution in [0.2, 0.25) is 0 Å². The van der Waals surface area contributed by atoms with Gasteiger partial charge >= 0.3 is 0 Å². The summed E-state index contributed by atoms with van der Waals surface area (Å²) in [6, 6.07) is 4.03. The van der Waals surface area contributed by atoms with E-state index in [9.17, 15) is 5.11 Å². The summed E-state index contributed by atoms with van der Waals surface area (Å²) in [6.45, 7) is 5.13. The van der Waals surface area contributed by atoms with Gasteiger partial charge in [0.05, 0.1) is 0 Å². The Balaban J connectivity index is 2.27. The number of phenolic OH excluding ortho intramolecular Hbond substituents is 1. The molecule has 1 aliphatic rings. The number of fused-ring (bicyclic) bond motifs is 1. The van der Waals surface area contributed by atoms with Crippen LogP contribution in [0.25, 0.3) is 0 Å². The molecule has 0 aromatic heterocycles. The van der Waals surface area contributed by atoms with Crippen molar-refractivity contribution in [2.75, 3.05) is 6.54 Å². The van der Waals surface area contributed by atoms with Crippen molar-refractivity contribution in [1.29, 1.82) is 0 Å². The third-order valence-electron chi connectivity index (χ3n) is 3.57. The van der Waals surface area contributed by atoms with Crippen LogP contribution in [-0.2, 0) is 0 Å². The van der Waals surface area contributed by atoms with E-state index in [2.05, 4.69) is 25.1 Å². The maximum Gasteiger partial charge on any atom is 0.120 e. The largest absolute Gasteiger partial charge is 0.508 e. The Bertz CT molecular complexity index is 459. The van der Waals surface area contributed by atoms with Crippen molar-refractivity contribution in [2.45, 2.75) is 38.6 Å². The monoisotopic (exact) mass is 229 g/mol. The van der Waals surface area contributed by atoms with Crippen molar-refractivity contribution in [1.82, 2.24) is 5.32 Å². The van der Waals surface area contributed by atoms with E-state index in [1.54, 1.807) is 6.07 Å². The summed E-state index contributed by atoms with van der Waals surface area (Å²) in [5.41, 5.74) is 3.66. The van der Waals surface area contributed by atoms with Gasteiger partial charge in [-0.3, -0.25) is 0 Å². The molecule has 0 heterocycles. The van der Waals surface area contributed by atoms with E-state index in [1.165, 1.54) is 11.1 Å².